The summed E-state index contributed by atoms with van der Waals surface area (Å²) in [6.07, 6.45) is 2.40. The minimum Gasteiger partial charge on any atom is -0.488 e. The predicted octanol–water partition coefficient (Wildman–Crippen LogP) is 5.84. The molecule has 0 saturated heterocycles. The Labute approximate surface area is 177 Å². The molecule has 4 nitrogen and oxygen atoms in total. The van der Waals surface area contributed by atoms with Crippen molar-refractivity contribution in [3.8, 4) is 16.3 Å². The molecule has 1 heterocycles. The van der Waals surface area contributed by atoms with Crippen LogP contribution in [0.2, 0.25) is 10.0 Å². The molecule has 1 aliphatic carbocycles. The van der Waals surface area contributed by atoms with Crippen LogP contribution in [0.4, 0.5) is 0 Å². The van der Waals surface area contributed by atoms with Gasteiger partial charge in [-0.2, -0.15) is 0 Å². The van der Waals surface area contributed by atoms with Crippen LogP contribution < -0.4 is 10.1 Å². The predicted molar refractivity (Wildman–Crippen MR) is 113 cm³/mol. The highest BCUT2D eigenvalue weighted by molar-refractivity contribution is 7.13. The third-order valence-corrected chi connectivity index (χ3v) is 5.96. The van der Waals surface area contributed by atoms with E-state index in [1.165, 1.54) is 24.2 Å². The van der Waals surface area contributed by atoms with Crippen LogP contribution >= 0.6 is 34.5 Å². The number of rotatable bonds is 7. The first kappa shape index (κ1) is 19.2. The number of aromatic nitrogens is 1. The van der Waals surface area contributed by atoms with E-state index in [2.05, 4.69) is 10.3 Å². The second-order valence-corrected chi connectivity index (χ2v) is 8.41. The summed E-state index contributed by atoms with van der Waals surface area (Å²) in [6, 6.07) is 13.0. The number of hydrogen-bond donors (Lipinski definition) is 1. The van der Waals surface area contributed by atoms with Crippen LogP contribution in [0.5, 0.6) is 5.75 Å². The van der Waals surface area contributed by atoms with Gasteiger partial charge in [0.15, 0.2) is 0 Å². The minimum atomic E-state index is -0.124. The Balaban J connectivity index is 1.48. The first-order valence-corrected chi connectivity index (χ1v) is 10.6. The third kappa shape index (κ3) is 4.66. The lowest BCUT2D eigenvalue weighted by Crippen LogP contribution is -2.25. The average molecular weight is 433 g/mol. The van der Waals surface area contributed by atoms with E-state index in [-0.39, 0.29) is 5.91 Å². The largest absolute Gasteiger partial charge is 0.488 e. The Bertz CT molecular complexity index is 1000. The van der Waals surface area contributed by atoms with Crippen LogP contribution in [0.3, 0.4) is 0 Å². The SMILES string of the molecule is O=C(NCC1CC1)c1csc(-c2ccccc2OCc2ccc(Cl)cc2Cl)n1. The highest BCUT2D eigenvalue weighted by Gasteiger charge is 2.22. The van der Waals surface area contributed by atoms with E-state index < -0.39 is 0 Å². The fourth-order valence-electron chi connectivity index (χ4n) is 2.71. The van der Waals surface area contributed by atoms with E-state index in [1.807, 2.05) is 30.3 Å². The van der Waals surface area contributed by atoms with Gasteiger partial charge < -0.3 is 10.1 Å². The van der Waals surface area contributed by atoms with Crippen molar-refractivity contribution in [1.29, 1.82) is 0 Å². The Hall–Kier alpha value is -2.08. The van der Waals surface area contributed by atoms with E-state index in [0.29, 0.717) is 34.0 Å². The quantitative estimate of drug-likeness (QED) is 0.510. The molecular weight excluding hydrogens is 415 g/mol. The van der Waals surface area contributed by atoms with Gasteiger partial charge in [-0.05, 0) is 43.0 Å². The van der Waals surface area contributed by atoms with Crippen LogP contribution in [-0.2, 0) is 6.61 Å². The summed E-state index contributed by atoms with van der Waals surface area (Å²) in [5, 5.41) is 6.62. The molecule has 0 aliphatic heterocycles. The molecule has 1 amide bonds. The van der Waals surface area contributed by atoms with Crippen molar-refractivity contribution >= 4 is 40.4 Å². The zero-order valence-electron chi connectivity index (χ0n) is 15.0. The smallest absolute Gasteiger partial charge is 0.270 e. The fourth-order valence-corrected chi connectivity index (χ4v) is 4.01. The molecule has 3 aromatic rings. The van der Waals surface area contributed by atoms with Crippen LogP contribution in [0, 0.1) is 5.92 Å². The number of thiazole rings is 1. The fraction of sp³-hybridized carbons (Fsp3) is 0.238. The van der Waals surface area contributed by atoms with Gasteiger partial charge in [-0.3, -0.25) is 4.79 Å². The molecule has 28 heavy (non-hydrogen) atoms. The molecule has 2 aromatic carbocycles. The third-order valence-electron chi connectivity index (χ3n) is 4.50. The zero-order valence-corrected chi connectivity index (χ0v) is 17.3. The van der Waals surface area contributed by atoms with E-state index in [1.54, 1.807) is 17.5 Å². The summed E-state index contributed by atoms with van der Waals surface area (Å²) in [5.41, 5.74) is 2.13. The van der Waals surface area contributed by atoms with Crippen molar-refractivity contribution in [2.45, 2.75) is 19.4 Å². The minimum absolute atomic E-state index is 0.124. The summed E-state index contributed by atoms with van der Waals surface area (Å²) >= 11 is 13.6. The molecule has 0 unspecified atom stereocenters. The molecule has 0 atom stereocenters. The van der Waals surface area contributed by atoms with Gasteiger partial charge in [0, 0.05) is 27.5 Å². The van der Waals surface area contributed by atoms with E-state index >= 15 is 0 Å². The summed E-state index contributed by atoms with van der Waals surface area (Å²) in [6.45, 7) is 1.04. The maximum absolute atomic E-state index is 12.3. The van der Waals surface area contributed by atoms with Crippen molar-refractivity contribution in [2.24, 2.45) is 5.92 Å². The molecule has 1 fully saturated rings. The number of amides is 1. The summed E-state index contributed by atoms with van der Waals surface area (Å²) in [4.78, 5) is 16.8. The molecule has 0 radical (unpaired) electrons. The molecular formula is C21H18Cl2N2O2S. The zero-order chi connectivity index (χ0) is 19.5. The van der Waals surface area contributed by atoms with Crippen LogP contribution in [0.1, 0.15) is 28.9 Å². The molecule has 4 rings (SSSR count). The molecule has 1 aliphatic rings. The van der Waals surface area contributed by atoms with Gasteiger partial charge in [0.25, 0.3) is 5.91 Å². The normalized spacial score (nSPS) is 13.4. The van der Waals surface area contributed by atoms with Crippen molar-refractivity contribution in [3.05, 3.63) is 69.1 Å². The second-order valence-electron chi connectivity index (χ2n) is 6.71. The van der Waals surface area contributed by atoms with Crippen LogP contribution in [0.15, 0.2) is 47.8 Å². The molecule has 1 saturated carbocycles. The van der Waals surface area contributed by atoms with Gasteiger partial charge in [-0.25, -0.2) is 4.98 Å². The highest BCUT2D eigenvalue weighted by Crippen LogP contribution is 2.33. The van der Waals surface area contributed by atoms with Crippen molar-refractivity contribution in [1.82, 2.24) is 10.3 Å². The number of carbonyl (C=O) groups excluding carboxylic acids is 1. The Morgan fingerprint density at radius 3 is 2.82 bits per heavy atom. The topological polar surface area (TPSA) is 51.2 Å². The van der Waals surface area contributed by atoms with Crippen molar-refractivity contribution < 1.29 is 9.53 Å². The lowest BCUT2D eigenvalue weighted by Gasteiger charge is -2.11. The second kappa shape index (κ2) is 8.52. The highest BCUT2D eigenvalue weighted by atomic mass is 35.5. The van der Waals surface area contributed by atoms with E-state index in [0.717, 1.165) is 22.7 Å². The maximum atomic E-state index is 12.3. The Kier molecular flexibility index (Phi) is 5.85. The van der Waals surface area contributed by atoms with Gasteiger partial charge >= 0.3 is 0 Å². The number of halogens is 2. The summed E-state index contributed by atoms with van der Waals surface area (Å²) in [7, 11) is 0. The van der Waals surface area contributed by atoms with Crippen LogP contribution in [-0.4, -0.2) is 17.4 Å². The Morgan fingerprint density at radius 1 is 1.21 bits per heavy atom. The van der Waals surface area contributed by atoms with Gasteiger partial charge in [-0.15, -0.1) is 11.3 Å². The number of carbonyl (C=O) groups is 1. The Morgan fingerprint density at radius 2 is 2.04 bits per heavy atom. The number of para-hydroxylation sites is 1. The van der Waals surface area contributed by atoms with Gasteiger partial charge in [0.1, 0.15) is 23.1 Å². The van der Waals surface area contributed by atoms with Gasteiger partial charge in [0.05, 0.1) is 5.56 Å². The van der Waals surface area contributed by atoms with Crippen LogP contribution in [0.25, 0.3) is 10.6 Å². The van der Waals surface area contributed by atoms with Crippen molar-refractivity contribution in [2.75, 3.05) is 6.54 Å². The lowest BCUT2D eigenvalue weighted by atomic mass is 10.2. The lowest BCUT2D eigenvalue weighted by molar-refractivity contribution is 0.0947. The molecule has 0 bridgehead atoms. The molecule has 1 N–H and O–H groups in total. The molecule has 0 spiro atoms. The van der Waals surface area contributed by atoms with Gasteiger partial charge in [0.2, 0.25) is 0 Å². The summed E-state index contributed by atoms with van der Waals surface area (Å²) < 4.78 is 5.99. The van der Waals surface area contributed by atoms with Gasteiger partial charge in [-0.1, -0.05) is 41.4 Å². The van der Waals surface area contributed by atoms with E-state index in [9.17, 15) is 4.79 Å². The molecule has 144 valence electrons. The number of nitrogens with one attached hydrogen (secondary N) is 1. The number of nitrogens with zero attached hydrogens (tertiary/aromatic N) is 1. The average Bonchev–Trinajstić information content (AvgIpc) is 3.39. The molecule has 1 aromatic heterocycles. The first-order chi connectivity index (χ1) is 13.6. The summed E-state index contributed by atoms with van der Waals surface area (Å²) in [5.74, 6) is 1.20. The maximum Gasteiger partial charge on any atom is 0.270 e. The molecule has 7 heteroatoms. The van der Waals surface area contributed by atoms with E-state index in [4.69, 9.17) is 27.9 Å². The number of hydrogen-bond acceptors (Lipinski definition) is 4. The van der Waals surface area contributed by atoms with Crippen molar-refractivity contribution in [3.63, 3.8) is 0 Å². The number of ether oxygens (including phenoxy) is 1. The number of benzene rings is 2. The standard InChI is InChI=1S/C21H18Cl2N2O2S/c22-15-8-7-14(17(23)9-15)11-27-19-4-2-1-3-16(19)21-25-18(12-28-21)20(26)24-10-13-5-6-13/h1-4,7-9,12-13H,5-6,10-11H2,(H,24,26). The first-order valence-electron chi connectivity index (χ1n) is 9.00. The monoisotopic (exact) mass is 432 g/mol.